The first-order valence-electron chi connectivity index (χ1n) is 47.9. The number of hydrogen-bond donors (Lipinski definition) is 0. The smallest absolute Gasteiger partial charge is 0.145 e. The van der Waals surface area contributed by atoms with E-state index in [4.69, 9.17) is 13.3 Å². The number of furan rings is 3. The molecule has 0 spiro atoms. The van der Waals surface area contributed by atoms with E-state index in [9.17, 15) is 0 Å². The van der Waals surface area contributed by atoms with Crippen molar-refractivity contribution < 1.29 is 13.3 Å². The van der Waals surface area contributed by atoms with Gasteiger partial charge in [-0.2, -0.15) is 0 Å². The second-order valence-electron chi connectivity index (χ2n) is 35.7. The lowest BCUT2D eigenvalue weighted by Gasteiger charge is -2.26. The molecule has 6 heterocycles. The van der Waals surface area contributed by atoms with Crippen molar-refractivity contribution in [3.05, 3.63) is 534 Å². The van der Waals surface area contributed by atoms with Crippen LogP contribution < -0.4 is 14.7 Å². The molecule has 0 saturated carbocycles. The molecule has 0 bridgehead atoms. The van der Waals surface area contributed by atoms with Gasteiger partial charge < -0.3 is 41.7 Å². The molecule has 9 heteroatoms. The monoisotopic (exact) mass is 1800 g/mol. The van der Waals surface area contributed by atoms with Gasteiger partial charge in [-0.05, 0) is 263 Å². The molecule has 0 atom stereocenters. The summed E-state index contributed by atoms with van der Waals surface area (Å²) >= 11 is 0. The molecule has 0 fully saturated rings. The van der Waals surface area contributed by atoms with E-state index < -0.39 is 0 Å². The summed E-state index contributed by atoms with van der Waals surface area (Å²) in [6, 6.07) is 189. The minimum Gasteiger partial charge on any atom is -0.455 e. The van der Waals surface area contributed by atoms with Crippen molar-refractivity contribution in [2.24, 2.45) is 0 Å². The van der Waals surface area contributed by atoms with Gasteiger partial charge in [0, 0.05) is 117 Å². The summed E-state index contributed by atoms with van der Waals surface area (Å²) in [5, 5.41) is 13.9. The molecule has 664 valence electrons. The highest BCUT2D eigenvalue weighted by Crippen LogP contribution is 2.48. The zero-order valence-corrected chi connectivity index (χ0v) is 76.7. The molecule has 22 aromatic carbocycles. The maximum atomic E-state index is 6.52. The number of fused-ring (bicyclic) bond motifs is 21. The van der Waals surface area contributed by atoms with Crippen LogP contribution in [0, 0.1) is 0 Å². The molecule has 0 unspecified atom stereocenters. The lowest BCUT2D eigenvalue weighted by molar-refractivity contribution is 0.672. The molecule has 0 radical (unpaired) electrons. The predicted octanol–water partition coefficient (Wildman–Crippen LogP) is 37.1. The van der Waals surface area contributed by atoms with Crippen LogP contribution in [0.15, 0.2) is 547 Å². The van der Waals surface area contributed by atoms with Crippen LogP contribution in [-0.2, 0) is 0 Å². The number of aromatic nitrogens is 3. The van der Waals surface area contributed by atoms with Gasteiger partial charge in [0.2, 0.25) is 0 Å². The van der Waals surface area contributed by atoms with Crippen LogP contribution in [0.1, 0.15) is 0 Å². The molecule has 0 aliphatic carbocycles. The SMILES string of the molecule is c1ccc(-c2ccc(N(c3ccc(-c4ccccc4)cc3)c3ccc(-n4c5ccccc5c5c6oc7ccccc7c6ccc54)cc3)cc2)cc1.c1ccc(-c2ccc(N(c3ccccc3)c3ccc(-n4c5ccccc5c5c6oc7ccccc7c6ccc54)cc3)cc2)cc1.c1ccc(N(c2ccccc2)c2ccc(-c3ccc(-n4c5ccccc5c5c6oc7ccccc7c6ccc54)cc3)cc2)cc1. The minimum absolute atomic E-state index is 0.912. The summed E-state index contributed by atoms with van der Waals surface area (Å²) in [7, 11) is 0. The van der Waals surface area contributed by atoms with E-state index in [0.29, 0.717) is 0 Å². The van der Waals surface area contributed by atoms with Crippen LogP contribution in [0.25, 0.3) is 193 Å². The van der Waals surface area contributed by atoms with Crippen molar-refractivity contribution in [1.82, 2.24) is 13.7 Å². The van der Waals surface area contributed by atoms with Crippen LogP contribution in [0.2, 0.25) is 0 Å². The van der Waals surface area contributed by atoms with E-state index in [2.05, 4.69) is 532 Å². The zero-order valence-electron chi connectivity index (χ0n) is 76.7. The van der Waals surface area contributed by atoms with E-state index in [1.807, 2.05) is 30.3 Å². The fourth-order valence-corrected chi connectivity index (χ4v) is 21.0. The molecule has 0 saturated heterocycles. The third kappa shape index (κ3) is 14.8. The van der Waals surface area contributed by atoms with Crippen molar-refractivity contribution in [3.8, 4) is 61.6 Å². The van der Waals surface area contributed by atoms with Crippen LogP contribution >= 0.6 is 0 Å². The molecule has 6 aromatic heterocycles. The lowest BCUT2D eigenvalue weighted by atomic mass is 10.0. The normalized spacial score (nSPS) is 11.5. The number of nitrogens with zero attached hydrogens (tertiary/aromatic N) is 6. The fraction of sp³-hybridized carbons (Fsp3) is 0. The molecular formula is C132H88N6O3. The zero-order chi connectivity index (χ0) is 93.2. The average molecular weight is 1810 g/mol. The molecule has 0 aliphatic rings. The Morgan fingerprint density at radius 1 is 0.128 bits per heavy atom. The summed E-state index contributed by atoms with van der Waals surface area (Å²) in [5.74, 6) is 0. The van der Waals surface area contributed by atoms with Gasteiger partial charge in [0.15, 0.2) is 0 Å². The van der Waals surface area contributed by atoms with Gasteiger partial charge in [0.05, 0.1) is 49.3 Å². The van der Waals surface area contributed by atoms with Gasteiger partial charge in [-0.15, -0.1) is 0 Å². The standard InChI is InChI=1S/C48H32N2O.2C42H28N2O/c1-3-11-33(12-4-1)35-19-23-37(24-20-35)49(38-25-21-36(22-26-38)34-13-5-2-6-14-34)39-27-29-40(30-28-39)50-44-17-9-7-16-43(44)47-45(50)32-31-42-41-15-8-10-18-46(41)51-48(42)47;1-3-11-31(12-4-1)43(32-13-5-2-6-14-32)33-23-19-29(20-24-33)30-21-25-34(26-22-30)44-38-17-9-7-16-37(38)41-39(44)28-27-36-35-15-8-10-18-40(35)45-42(36)41;1-3-11-29(12-4-1)30-19-21-32(22-20-30)43(31-13-5-2-6-14-31)33-23-25-34(26-24-33)44-38-17-9-7-16-37(38)41-39(44)28-27-36-35-15-8-10-18-40(35)45-42(36)41/h1-32H;2*1-28H. The Hall–Kier alpha value is -19.0. The van der Waals surface area contributed by atoms with Crippen molar-refractivity contribution in [2.45, 2.75) is 0 Å². The first kappa shape index (κ1) is 82.7. The topological polar surface area (TPSA) is 63.9 Å². The second-order valence-corrected chi connectivity index (χ2v) is 35.7. The third-order valence-electron chi connectivity index (χ3n) is 27.6. The summed E-state index contributed by atoms with van der Waals surface area (Å²) in [6.45, 7) is 0. The number of hydrogen-bond acceptors (Lipinski definition) is 6. The molecule has 0 N–H and O–H groups in total. The van der Waals surface area contributed by atoms with Gasteiger partial charge in [-0.1, -0.05) is 315 Å². The van der Waals surface area contributed by atoms with Crippen molar-refractivity contribution in [3.63, 3.8) is 0 Å². The largest absolute Gasteiger partial charge is 0.455 e. The summed E-state index contributed by atoms with van der Waals surface area (Å²) in [6.07, 6.45) is 0. The Balaban J connectivity index is 0.000000109. The molecule has 28 aromatic rings. The highest BCUT2D eigenvalue weighted by molar-refractivity contribution is 6.27. The average Bonchev–Trinajstić information content (AvgIpc) is 1.57. The quantitative estimate of drug-likeness (QED) is 0.0961. The predicted molar refractivity (Wildman–Crippen MR) is 590 cm³/mol. The Morgan fingerprint density at radius 2 is 0.312 bits per heavy atom. The maximum absolute atomic E-state index is 6.52. The van der Waals surface area contributed by atoms with Crippen molar-refractivity contribution in [2.75, 3.05) is 14.7 Å². The second kappa shape index (κ2) is 35.4. The number of benzene rings is 22. The van der Waals surface area contributed by atoms with Gasteiger partial charge in [0.25, 0.3) is 0 Å². The van der Waals surface area contributed by atoms with Crippen LogP contribution in [0.3, 0.4) is 0 Å². The van der Waals surface area contributed by atoms with E-state index in [1.165, 1.54) is 66.2 Å². The summed E-state index contributed by atoms with van der Waals surface area (Å²) < 4.78 is 26.5. The first-order chi connectivity index (χ1) is 70.0. The molecule has 9 nitrogen and oxygen atoms in total. The van der Waals surface area contributed by atoms with E-state index in [1.54, 1.807) is 0 Å². The molecular weight excluding hydrogens is 1720 g/mol. The number of para-hydroxylation sites is 9. The molecule has 28 rings (SSSR count). The maximum Gasteiger partial charge on any atom is 0.145 e. The van der Waals surface area contributed by atoms with E-state index in [0.717, 1.165) is 178 Å². The van der Waals surface area contributed by atoms with Crippen LogP contribution in [-0.4, -0.2) is 13.7 Å². The molecule has 0 amide bonds. The Kier molecular flexibility index (Phi) is 20.7. The highest BCUT2D eigenvalue weighted by atomic mass is 16.3. The minimum atomic E-state index is 0.912. The third-order valence-corrected chi connectivity index (χ3v) is 27.6. The van der Waals surface area contributed by atoms with Gasteiger partial charge in [0.1, 0.15) is 33.5 Å². The van der Waals surface area contributed by atoms with Crippen LogP contribution in [0.4, 0.5) is 51.2 Å². The summed E-state index contributed by atoms with van der Waals surface area (Å²) in [4.78, 5) is 6.92. The Bertz CT molecular complexity index is 9350. The van der Waals surface area contributed by atoms with E-state index in [-0.39, 0.29) is 0 Å². The highest BCUT2D eigenvalue weighted by Gasteiger charge is 2.26. The van der Waals surface area contributed by atoms with Crippen LogP contribution in [0.5, 0.6) is 0 Å². The van der Waals surface area contributed by atoms with Gasteiger partial charge in [-0.3, -0.25) is 0 Å². The van der Waals surface area contributed by atoms with Gasteiger partial charge >= 0.3 is 0 Å². The molecule has 141 heavy (non-hydrogen) atoms. The number of rotatable bonds is 16. The van der Waals surface area contributed by atoms with E-state index >= 15 is 0 Å². The summed E-state index contributed by atoms with van der Waals surface area (Å²) in [5.41, 5.74) is 35.3. The van der Waals surface area contributed by atoms with Gasteiger partial charge in [-0.25, -0.2) is 0 Å². The number of anilines is 9. The van der Waals surface area contributed by atoms with Crippen molar-refractivity contribution >= 4 is 182 Å². The lowest BCUT2D eigenvalue weighted by Crippen LogP contribution is -2.10. The first-order valence-corrected chi connectivity index (χ1v) is 47.9. The molecule has 0 aliphatic heterocycles. The fourth-order valence-electron chi connectivity index (χ4n) is 21.0. The Morgan fingerprint density at radius 3 is 0.567 bits per heavy atom. The Labute approximate surface area is 813 Å². The van der Waals surface area contributed by atoms with Crippen molar-refractivity contribution in [1.29, 1.82) is 0 Å².